The molecule has 0 bridgehead atoms. The monoisotopic (exact) mass is 301 g/mol. The van der Waals surface area contributed by atoms with Crippen molar-refractivity contribution >= 4 is 11.8 Å². The van der Waals surface area contributed by atoms with Crippen LogP contribution in [0, 0.1) is 0 Å². The highest BCUT2D eigenvalue weighted by atomic mass is 16.2. The standard InChI is InChI=1S/C17H23N3O2/c1-14(21)20-12-5-3-8-17(20)9-6-11-19(13-17)16(22)15-7-2-4-10-18-15/h2,4,7,10H,3,5-6,8-9,11-13H2,1H3. The predicted molar refractivity (Wildman–Crippen MR) is 83.3 cm³/mol. The summed E-state index contributed by atoms with van der Waals surface area (Å²) in [6, 6.07) is 5.41. The van der Waals surface area contributed by atoms with Crippen molar-refractivity contribution in [1.82, 2.24) is 14.8 Å². The van der Waals surface area contributed by atoms with Gasteiger partial charge in [0.25, 0.3) is 5.91 Å². The van der Waals surface area contributed by atoms with Crippen molar-refractivity contribution in [3.8, 4) is 0 Å². The Morgan fingerprint density at radius 1 is 1.14 bits per heavy atom. The van der Waals surface area contributed by atoms with Gasteiger partial charge in [-0.05, 0) is 44.2 Å². The number of amides is 2. The van der Waals surface area contributed by atoms with Crippen molar-refractivity contribution in [2.24, 2.45) is 0 Å². The van der Waals surface area contributed by atoms with Gasteiger partial charge in [-0.1, -0.05) is 6.07 Å². The fourth-order valence-electron chi connectivity index (χ4n) is 3.95. The topological polar surface area (TPSA) is 53.5 Å². The lowest BCUT2D eigenvalue weighted by Gasteiger charge is -2.52. The average Bonchev–Trinajstić information content (AvgIpc) is 2.55. The number of rotatable bonds is 1. The number of hydrogen-bond acceptors (Lipinski definition) is 3. The van der Waals surface area contributed by atoms with E-state index < -0.39 is 0 Å². The van der Waals surface area contributed by atoms with E-state index >= 15 is 0 Å². The average molecular weight is 301 g/mol. The van der Waals surface area contributed by atoms with Crippen LogP contribution in [0.3, 0.4) is 0 Å². The smallest absolute Gasteiger partial charge is 0.272 e. The van der Waals surface area contributed by atoms with Crippen molar-refractivity contribution in [3.05, 3.63) is 30.1 Å². The van der Waals surface area contributed by atoms with Crippen LogP contribution in [-0.4, -0.2) is 51.8 Å². The van der Waals surface area contributed by atoms with Crippen molar-refractivity contribution in [2.45, 2.75) is 44.6 Å². The van der Waals surface area contributed by atoms with Gasteiger partial charge in [0.05, 0.1) is 5.54 Å². The molecule has 2 fully saturated rings. The van der Waals surface area contributed by atoms with Crippen LogP contribution in [0.1, 0.15) is 49.5 Å². The summed E-state index contributed by atoms with van der Waals surface area (Å²) in [4.78, 5) is 32.8. The SMILES string of the molecule is CC(=O)N1CCCCC12CCCN(C(=O)c1ccccn1)C2. The van der Waals surface area contributed by atoms with Crippen LogP contribution in [0.25, 0.3) is 0 Å². The van der Waals surface area contributed by atoms with Crippen molar-refractivity contribution in [2.75, 3.05) is 19.6 Å². The Morgan fingerprint density at radius 3 is 2.68 bits per heavy atom. The summed E-state index contributed by atoms with van der Waals surface area (Å²) < 4.78 is 0. The number of hydrogen-bond donors (Lipinski definition) is 0. The molecule has 1 aromatic rings. The van der Waals surface area contributed by atoms with Crippen LogP contribution in [0.5, 0.6) is 0 Å². The van der Waals surface area contributed by atoms with E-state index in [0.717, 1.165) is 45.2 Å². The molecule has 0 N–H and O–H groups in total. The van der Waals surface area contributed by atoms with Gasteiger partial charge < -0.3 is 9.80 Å². The van der Waals surface area contributed by atoms with Crippen LogP contribution in [0.15, 0.2) is 24.4 Å². The van der Waals surface area contributed by atoms with E-state index in [1.165, 1.54) is 0 Å². The summed E-state index contributed by atoms with van der Waals surface area (Å²) in [6.45, 7) is 3.86. The van der Waals surface area contributed by atoms with Crippen molar-refractivity contribution in [3.63, 3.8) is 0 Å². The minimum Gasteiger partial charge on any atom is -0.335 e. The Hall–Kier alpha value is -1.91. The van der Waals surface area contributed by atoms with Gasteiger partial charge in [-0.2, -0.15) is 0 Å². The molecule has 1 atom stereocenters. The van der Waals surface area contributed by atoms with Gasteiger partial charge in [0.1, 0.15) is 5.69 Å². The molecule has 0 saturated carbocycles. The number of aromatic nitrogens is 1. The van der Waals surface area contributed by atoms with Gasteiger partial charge in [-0.15, -0.1) is 0 Å². The third-order valence-electron chi connectivity index (χ3n) is 4.95. The molecule has 2 aliphatic heterocycles. The van der Waals surface area contributed by atoms with Crippen LogP contribution in [-0.2, 0) is 4.79 Å². The molecule has 2 amide bonds. The minimum absolute atomic E-state index is 0.0197. The first-order valence-electron chi connectivity index (χ1n) is 8.11. The van der Waals surface area contributed by atoms with E-state index in [0.29, 0.717) is 12.2 Å². The lowest BCUT2D eigenvalue weighted by atomic mass is 9.79. The predicted octanol–water partition coefficient (Wildman–Crippen LogP) is 2.09. The van der Waals surface area contributed by atoms with Gasteiger partial charge in [0, 0.05) is 32.8 Å². The van der Waals surface area contributed by atoms with E-state index in [4.69, 9.17) is 0 Å². The second kappa shape index (κ2) is 6.07. The van der Waals surface area contributed by atoms with E-state index in [1.807, 2.05) is 21.9 Å². The number of carbonyl (C=O) groups excluding carboxylic acids is 2. The molecule has 118 valence electrons. The fourth-order valence-corrected chi connectivity index (χ4v) is 3.95. The largest absolute Gasteiger partial charge is 0.335 e. The molecular formula is C17H23N3O2. The minimum atomic E-state index is -0.160. The Bertz CT molecular complexity index is 556. The number of likely N-dealkylation sites (tertiary alicyclic amines) is 2. The third-order valence-corrected chi connectivity index (χ3v) is 4.95. The summed E-state index contributed by atoms with van der Waals surface area (Å²) in [5, 5.41) is 0. The zero-order valence-electron chi connectivity index (χ0n) is 13.1. The lowest BCUT2D eigenvalue weighted by Crippen LogP contribution is -2.62. The fraction of sp³-hybridized carbons (Fsp3) is 0.588. The van der Waals surface area contributed by atoms with Gasteiger partial charge >= 0.3 is 0 Å². The van der Waals surface area contributed by atoms with Crippen molar-refractivity contribution < 1.29 is 9.59 Å². The number of pyridine rings is 1. The van der Waals surface area contributed by atoms with Crippen LogP contribution < -0.4 is 0 Å². The number of piperidine rings is 2. The molecule has 1 aromatic heterocycles. The molecule has 5 nitrogen and oxygen atoms in total. The van der Waals surface area contributed by atoms with E-state index in [1.54, 1.807) is 19.2 Å². The highest BCUT2D eigenvalue weighted by molar-refractivity contribution is 5.92. The summed E-state index contributed by atoms with van der Waals surface area (Å²) in [5.74, 6) is 0.112. The van der Waals surface area contributed by atoms with E-state index in [-0.39, 0.29) is 17.4 Å². The Morgan fingerprint density at radius 2 is 1.95 bits per heavy atom. The molecule has 2 aliphatic rings. The number of carbonyl (C=O) groups is 2. The summed E-state index contributed by atoms with van der Waals surface area (Å²) in [5.41, 5.74) is 0.331. The second-order valence-corrected chi connectivity index (χ2v) is 6.40. The Labute approximate surface area is 131 Å². The molecular weight excluding hydrogens is 278 g/mol. The zero-order valence-corrected chi connectivity index (χ0v) is 13.1. The molecule has 0 aliphatic carbocycles. The molecule has 0 radical (unpaired) electrons. The summed E-state index contributed by atoms with van der Waals surface area (Å²) in [6.07, 6.45) is 6.79. The first-order chi connectivity index (χ1) is 10.6. The Kier molecular flexibility index (Phi) is 4.14. The number of nitrogens with zero attached hydrogens (tertiary/aromatic N) is 3. The summed E-state index contributed by atoms with van der Waals surface area (Å²) >= 11 is 0. The van der Waals surface area contributed by atoms with Crippen LogP contribution in [0.4, 0.5) is 0 Å². The summed E-state index contributed by atoms with van der Waals surface area (Å²) in [7, 11) is 0. The van der Waals surface area contributed by atoms with Gasteiger partial charge in [-0.25, -0.2) is 0 Å². The van der Waals surface area contributed by atoms with Crippen LogP contribution in [0.2, 0.25) is 0 Å². The van der Waals surface area contributed by atoms with E-state index in [9.17, 15) is 9.59 Å². The molecule has 5 heteroatoms. The normalized spacial score (nSPS) is 25.3. The van der Waals surface area contributed by atoms with E-state index in [2.05, 4.69) is 4.98 Å². The molecule has 1 spiro atoms. The molecule has 1 unspecified atom stereocenters. The molecule has 0 aromatic carbocycles. The van der Waals surface area contributed by atoms with Gasteiger partial charge in [-0.3, -0.25) is 14.6 Å². The quantitative estimate of drug-likeness (QED) is 0.798. The maximum absolute atomic E-state index is 12.7. The maximum atomic E-state index is 12.7. The van der Waals surface area contributed by atoms with Gasteiger partial charge in [0.15, 0.2) is 0 Å². The molecule has 3 rings (SSSR count). The first-order valence-corrected chi connectivity index (χ1v) is 8.11. The Balaban J connectivity index is 1.81. The lowest BCUT2D eigenvalue weighted by molar-refractivity contribution is -0.140. The van der Waals surface area contributed by atoms with Crippen molar-refractivity contribution in [1.29, 1.82) is 0 Å². The highest BCUT2D eigenvalue weighted by Crippen LogP contribution is 2.36. The zero-order chi connectivity index (χ0) is 15.6. The van der Waals surface area contributed by atoms with Crippen LogP contribution >= 0.6 is 0 Å². The second-order valence-electron chi connectivity index (χ2n) is 6.40. The molecule has 22 heavy (non-hydrogen) atoms. The molecule has 3 heterocycles. The maximum Gasteiger partial charge on any atom is 0.272 e. The highest BCUT2D eigenvalue weighted by Gasteiger charge is 2.44. The van der Waals surface area contributed by atoms with Gasteiger partial charge in [0.2, 0.25) is 5.91 Å². The molecule has 2 saturated heterocycles. The third kappa shape index (κ3) is 2.72. The first kappa shape index (κ1) is 15.0.